The highest BCUT2D eigenvalue weighted by Crippen LogP contribution is 2.21. The highest BCUT2D eigenvalue weighted by Gasteiger charge is 2.14. The van der Waals surface area contributed by atoms with Crippen molar-refractivity contribution in [2.45, 2.75) is 19.9 Å². The van der Waals surface area contributed by atoms with Crippen LogP contribution in [0.2, 0.25) is 0 Å². The van der Waals surface area contributed by atoms with Crippen molar-refractivity contribution in [2.75, 3.05) is 5.88 Å². The van der Waals surface area contributed by atoms with E-state index in [2.05, 4.69) is 15.0 Å². The zero-order valence-electron chi connectivity index (χ0n) is 11.6. The van der Waals surface area contributed by atoms with Gasteiger partial charge in [0.15, 0.2) is 5.82 Å². The Hall–Kier alpha value is -2.01. The lowest BCUT2D eigenvalue weighted by atomic mass is 10.3. The normalized spacial score (nSPS) is 11.2. The molecule has 0 radical (unpaired) electrons. The minimum atomic E-state index is -0.319. The maximum Gasteiger partial charge on any atom is 0.151 e. The Bertz CT molecular complexity index is 784. The van der Waals surface area contributed by atoms with Gasteiger partial charge in [0.2, 0.25) is 0 Å². The number of hydrogen-bond acceptors (Lipinski definition) is 3. The van der Waals surface area contributed by atoms with Gasteiger partial charge in [-0.15, -0.1) is 11.6 Å². The summed E-state index contributed by atoms with van der Waals surface area (Å²) in [4.78, 5) is 12.9. The molecule has 6 heteroatoms. The molecule has 0 atom stereocenters. The van der Waals surface area contributed by atoms with E-state index >= 15 is 0 Å². The lowest BCUT2D eigenvalue weighted by Crippen LogP contribution is -2.08. The van der Waals surface area contributed by atoms with Gasteiger partial charge in [-0.3, -0.25) is 0 Å². The summed E-state index contributed by atoms with van der Waals surface area (Å²) < 4.78 is 15.8. The van der Waals surface area contributed by atoms with Gasteiger partial charge < -0.3 is 4.57 Å². The Kier molecular flexibility index (Phi) is 3.84. The molecule has 108 valence electrons. The van der Waals surface area contributed by atoms with Crippen molar-refractivity contribution in [3.63, 3.8) is 0 Å². The van der Waals surface area contributed by atoms with Crippen LogP contribution in [0.3, 0.4) is 0 Å². The zero-order valence-corrected chi connectivity index (χ0v) is 12.3. The Morgan fingerprint density at radius 3 is 2.86 bits per heavy atom. The van der Waals surface area contributed by atoms with Crippen molar-refractivity contribution in [1.29, 1.82) is 0 Å². The molecular weight excluding hydrogens is 291 g/mol. The molecule has 0 spiro atoms. The van der Waals surface area contributed by atoms with Crippen molar-refractivity contribution in [1.82, 2.24) is 19.5 Å². The first kappa shape index (κ1) is 13.9. The van der Waals surface area contributed by atoms with Crippen LogP contribution in [-0.2, 0) is 13.0 Å². The topological polar surface area (TPSA) is 43.6 Å². The Labute approximate surface area is 126 Å². The summed E-state index contributed by atoms with van der Waals surface area (Å²) in [5, 5.41) is 0. The highest BCUT2D eigenvalue weighted by atomic mass is 35.5. The van der Waals surface area contributed by atoms with Crippen molar-refractivity contribution in [3.05, 3.63) is 53.6 Å². The average molecular weight is 305 g/mol. The third-order valence-electron chi connectivity index (χ3n) is 3.28. The van der Waals surface area contributed by atoms with Crippen LogP contribution >= 0.6 is 11.6 Å². The minimum absolute atomic E-state index is 0.319. The van der Waals surface area contributed by atoms with E-state index in [1.54, 1.807) is 12.3 Å². The van der Waals surface area contributed by atoms with E-state index in [9.17, 15) is 4.39 Å². The zero-order chi connectivity index (χ0) is 14.8. The van der Waals surface area contributed by atoms with Crippen molar-refractivity contribution < 1.29 is 4.39 Å². The quantitative estimate of drug-likeness (QED) is 0.696. The number of fused-ring (bicyclic) bond motifs is 1. The molecule has 0 saturated carbocycles. The van der Waals surface area contributed by atoms with E-state index in [4.69, 9.17) is 11.6 Å². The predicted octanol–water partition coefficient (Wildman–Crippen LogP) is 3.10. The van der Waals surface area contributed by atoms with Gasteiger partial charge in [-0.25, -0.2) is 19.3 Å². The lowest BCUT2D eigenvalue weighted by molar-refractivity contribution is 0.637. The number of nitrogens with zero attached hydrogens (tertiary/aromatic N) is 4. The molecule has 0 amide bonds. The molecule has 2 heterocycles. The number of para-hydroxylation sites is 1. The first-order chi connectivity index (χ1) is 10.2. The van der Waals surface area contributed by atoms with E-state index in [0.29, 0.717) is 30.2 Å². The molecule has 0 unspecified atom stereocenters. The molecule has 0 aliphatic carbocycles. The first-order valence-electron chi connectivity index (χ1n) is 6.67. The summed E-state index contributed by atoms with van der Waals surface area (Å²) in [6.07, 6.45) is 2.30. The number of aromatic nitrogens is 4. The van der Waals surface area contributed by atoms with Gasteiger partial charge >= 0.3 is 0 Å². The monoisotopic (exact) mass is 304 g/mol. The maximum atomic E-state index is 13.9. The minimum Gasteiger partial charge on any atom is -0.322 e. The van der Waals surface area contributed by atoms with E-state index < -0.39 is 0 Å². The number of hydrogen-bond donors (Lipinski definition) is 0. The standard InChI is InChI=1S/C15H14ClFN4/c1-10-18-8-6-11(19-10)9-21-13-4-2-3-12(17)15(13)20-14(21)5-7-16/h2-4,6,8H,5,7,9H2,1H3. The van der Waals surface area contributed by atoms with Crippen LogP contribution in [0.1, 0.15) is 17.3 Å². The van der Waals surface area contributed by atoms with E-state index in [1.807, 2.05) is 23.6 Å². The summed E-state index contributed by atoms with van der Waals surface area (Å²) in [5.74, 6) is 1.59. The number of alkyl halides is 1. The Morgan fingerprint density at radius 2 is 2.10 bits per heavy atom. The van der Waals surface area contributed by atoms with Crippen LogP contribution in [0, 0.1) is 12.7 Å². The molecule has 0 aliphatic heterocycles. The second-order valence-corrected chi connectivity index (χ2v) is 5.13. The second kappa shape index (κ2) is 5.77. The van der Waals surface area contributed by atoms with Crippen molar-refractivity contribution in [2.24, 2.45) is 0 Å². The molecule has 21 heavy (non-hydrogen) atoms. The van der Waals surface area contributed by atoms with Gasteiger partial charge in [-0.05, 0) is 25.1 Å². The predicted molar refractivity (Wildman–Crippen MR) is 80.0 cm³/mol. The number of rotatable bonds is 4. The Balaban J connectivity index is 2.11. The molecule has 3 rings (SSSR count). The Morgan fingerprint density at radius 1 is 1.24 bits per heavy atom. The number of imidazole rings is 1. The fourth-order valence-electron chi connectivity index (χ4n) is 2.37. The molecule has 0 aliphatic rings. The molecule has 0 N–H and O–H groups in total. The maximum absolute atomic E-state index is 13.9. The molecule has 0 saturated heterocycles. The van der Waals surface area contributed by atoms with Gasteiger partial charge in [-0.1, -0.05) is 6.07 Å². The van der Waals surface area contributed by atoms with Gasteiger partial charge in [0.25, 0.3) is 0 Å². The number of halogens is 2. The molecule has 0 bridgehead atoms. The van der Waals surface area contributed by atoms with Gasteiger partial charge in [-0.2, -0.15) is 0 Å². The smallest absolute Gasteiger partial charge is 0.151 e. The fraction of sp³-hybridized carbons (Fsp3) is 0.267. The van der Waals surface area contributed by atoms with E-state index in [-0.39, 0.29) is 5.82 Å². The summed E-state index contributed by atoms with van der Waals surface area (Å²) >= 11 is 5.83. The van der Waals surface area contributed by atoms with Crippen LogP contribution in [-0.4, -0.2) is 25.4 Å². The molecular formula is C15H14ClFN4. The second-order valence-electron chi connectivity index (χ2n) is 4.76. The molecule has 3 aromatic rings. The first-order valence-corrected chi connectivity index (χ1v) is 7.20. The van der Waals surface area contributed by atoms with Crippen molar-refractivity contribution in [3.8, 4) is 0 Å². The molecule has 0 fully saturated rings. The molecule has 2 aromatic heterocycles. The molecule has 1 aromatic carbocycles. The average Bonchev–Trinajstić information content (AvgIpc) is 2.79. The summed E-state index contributed by atoms with van der Waals surface area (Å²) in [7, 11) is 0. The summed E-state index contributed by atoms with van der Waals surface area (Å²) in [6, 6.07) is 6.81. The summed E-state index contributed by atoms with van der Waals surface area (Å²) in [5.41, 5.74) is 2.00. The summed E-state index contributed by atoms with van der Waals surface area (Å²) in [6.45, 7) is 2.37. The fourth-order valence-corrected chi connectivity index (χ4v) is 2.54. The number of aryl methyl sites for hydroxylation is 2. The van der Waals surface area contributed by atoms with Gasteiger partial charge in [0.1, 0.15) is 17.2 Å². The molecule has 4 nitrogen and oxygen atoms in total. The third-order valence-corrected chi connectivity index (χ3v) is 3.47. The van der Waals surface area contributed by atoms with Crippen LogP contribution in [0.15, 0.2) is 30.5 Å². The van der Waals surface area contributed by atoms with Crippen molar-refractivity contribution >= 4 is 22.6 Å². The van der Waals surface area contributed by atoms with Crippen LogP contribution in [0.4, 0.5) is 4.39 Å². The number of benzene rings is 1. The SMILES string of the molecule is Cc1nccc(Cn2c(CCCl)nc3c(F)cccc32)n1. The van der Waals surface area contributed by atoms with Crippen LogP contribution in [0.25, 0.3) is 11.0 Å². The third kappa shape index (κ3) is 2.74. The van der Waals surface area contributed by atoms with Gasteiger partial charge in [0, 0.05) is 18.5 Å². The largest absolute Gasteiger partial charge is 0.322 e. The van der Waals surface area contributed by atoms with E-state index in [0.717, 1.165) is 17.0 Å². The van der Waals surface area contributed by atoms with E-state index in [1.165, 1.54) is 6.07 Å². The van der Waals surface area contributed by atoms with Gasteiger partial charge in [0.05, 0.1) is 17.8 Å². The van der Waals surface area contributed by atoms with Crippen LogP contribution in [0.5, 0.6) is 0 Å². The lowest BCUT2D eigenvalue weighted by Gasteiger charge is -2.08. The highest BCUT2D eigenvalue weighted by molar-refractivity contribution is 6.17. The van der Waals surface area contributed by atoms with Crippen LogP contribution < -0.4 is 0 Å².